The summed E-state index contributed by atoms with van der Waals surface area (Å²) in [6.45, 7) is 2.22. The van der Waals surface area contributed by atoms with E-state index in [0.29, 0.717) is 6.42 Å². The number of nitrogens with one attached hydrogen (secondary N) is 2. The van der Waals surface area contributed by atoms with E-state index in [9.17, 15) is 14.0 Å². The molecule has 0 heterocycles. The first-order valence-electron chi connectivity index (χ1n) is 8.62. The Morgan fingerprint density at radius 2 is 1.73 bits per heavy atom. The standard InChI is InChI=1S/C20H24FN3O2/c1-3-7-18(19(25)24(2)17-8-5-4-6-9-17)23-20(26)22-14-15-10-12-16(21)13-11-15/h4-6,8-13,18H,3,7,14H2,1-2H3,(H2,22,23,26). The van der Waals surface area contributed by atoms with Crippen LogP contribution >= 0.6 is 0 Å². The second-order valence-corrected chi connectivity index (χ2v) is 6.03. The van der Waals surface area contributed by atoms with Crippen molar-refractivity contribution in [1.82, 2.24) is 10.6 Å². The van der Waals surface area contributed by atoms with Gasteiger partial charge in [-0.2, -0.15) is 0 Å². The van der Waals surface area contributed by atoms with Gasteiger partial charge in [0.05, 0.1) is 0 Å². The Bertz CT molecular complexity index is 720. The molecule has 3 amide bonds. The van der Waals surface area contributed by atoms with Crippen LogP contribution in [0.4, 0.5) is 14.9 Å². The summed E-state index contributed by atoms with van der Waals surface area (Å²) in [7, 11) is 1.69. The molecule has 0 aliphatic heterocycles. The Hall–Kier alpha value is -2.89. The lowest BCUT2D eigenvalue weighted by atomic mass is 10.1. The molecule has 6 heteroatoms. The van der Waals surface area contributed by atoms with Crippen LogP contribution in [0.3, 0.4) is 0 Å². The zero-order valence-corrected chi connectivity index (χ0v) is 15.0. The van der Waals surface area contributed by atoms with E-state index in [1.165, 1.54) is 12.1 Å². The number of halogens is 1. The smallest absolute Gasteiger partial charge is 0.315 e. The van der Waals surface area contributed by atoms with Gasteiger partial charge >= 0.3 is 6.03 Å². The number of benzene rings is 2. The second kappa shape index (κ2) is 9.56. The number of urea groups is 1. The normalized spacial score (nSPS) is 11.5. The van der Waals surface area contributed by atoms with Gasteiger partial charge in [-0.25, -0.2) is 9.18 Å². The number of rotatable bonds is 7. The molecular formula is C20H24FN3O2. The molecule has 5 nitrogen and oxygen atoms in total. The predicted molar refractivity (Wildman–Crippen MR) is 100 cm³/mol. The topological polar surface area (TPSA) is 61.4 Å². The quantitative estimate of drug-likeness (QED) is 0.797. The molecular weight excluding hydrogens is 333 g/mol. The van der Waals surface area contributed by atoms with Crippen LogP contribution in [0, 0.1) is 5.82 Å². The highest BCUT2D eigenvalue weighted by Crippen LogP contribution is 2.13. The number of para-hydroxylation sites is 1. The van der Waals surface area contributed by atoms with Gasteiger partial charge in [0.25, 0.3) is 0 Å². The van der Waals surface area contributed by atoms with Gasteiger partial charge in [-0.1, -0.05) is 43.7 Å². The lowest BCUT2D eigenvalue weighted by Gasteiger charge is -2.24. The van der Waals surface area contributed by atoms with Gasteiger partial charge in [-0.15, -0.1) is 0 Å². The number of hydrogen-bond acceptors (Lipinski definition) is 2. The molecule has 0 aliphatic rings. The van der Waals surface area contributed by atoms with Crippen molar-refractivity contribution < 1.29 is 14.0 Å². The first-order valence-corrected chi connectivity index (χ1v) is 8.62. The van der Waals surface area contributed by atoms with Gasteiger partial charge in [-0.3, -0.25) is 4.79 Å². The minimum Gasteiger partial charge on any atom is -0.334 e. The van der Waals surface area contributed by atoms with E-state index in [1.54, 1.807) is 24.1 Å². The summed E-state index contributed by atoms with van der Waals surface area (Å²) in [5.74, 6) is -0.495. The Kier molecular flexibility index (Phi) is 7.14. The average Bonchev–Trinajstić information content (AvgIpc) is 2.66. The summed E-state index contributed by atoms with van der Waals surface area (Å²) in [5.41, 5.74) is 1.55. The van der Waals surface area contributed by atoms with Crippen LogP contribution in [-0.2, 0) is 11.3 Å². The van der Waals surface area contributed by atoms with Gasteiger partial charge in [0.2, 0.25) is 5.91 Å². The van der Waals surface area contributed by atoms with Crippen molar-refractivity contribution in [1.29, 1.82) is 0 Å². The van der Waals surface area contributed by atoms with Crippen LogP contribution in [0.15, 0.2) is 54.6 Å². The van der Waals surface area contributed by atoms with E-state index in [4.69, 9.17) is 0 Å². The molecule has 0 aliphatic carbocycles. The minimum atomic E-state index is -0.613. The Morgan fingerprint density at radius 3 is 2.35 bits per heavy atom. The second-order valence-electron chi connectivity index (χ2n) is 6.03. The van der Waals surface area contributed by atoms with Crippen molar-refractivity contribution >= 4 is 17.6 Å². The Balaban J connectivity index is 1.94. The van der Waals surface area contributed by atoms with E-state index < -0.39 is 12.1 Å². The van der Waals surface area contributed by atoms with Crippen molar-refractivity contribution in [3.63, 3.8) is 0 Å². The van der Waals surface area contributed by atoms with Crippen molar-refractivity contribution in [3.8, 4) is 0 Å². The predicted octanol–water partition coefficient (Wildman–Crippen LogP) is 3.46. The van der Waals surface area contributed by atoms with Gasteiger partial charge < -0.3 is 15.5 Å². The van der Waals surface area contributed by atoms with Crippen LogP contribution in [-0.4, -0.2) is 25.0 Å². The first-order chi connectivity index (χ1) is 12.5. The van der Waals surface area contributed by atoms with Crippen molar-refractivity contribution in [2.75, 3.05) is 11.9 Å². The molecule has 2 aromatic rings. The molecule has 0 saturated heterocycles. The number of likely N-dealkylation sites (N-methyl/N-ethyl adjacent to an activating group) is 1. The Labute approximate surface area is 153 Å². The molecule has 1 unspecified atom stereocenters. The van der Waals surface area contributed by atoms with E-state index in [-0.39, 0.29) is 18.3 Å². The van der Waals surface area contributed by atoms with Crippen LogP contribution in [0.2, 0.25) is 0 Å². The molecule has 2 aromatic carbocycles. The number of hydrogen-bond donors (Lipinski definition) is 2. The lowest BCUT2D eigenvalue weighted by molar-refractivity contribution is -0.120. The molecule has 138 valence electrons. The molecule has 0 aromatic heterocycles. The van der Waals surface area contributed by atoms with Gasteiger partial charge in [0.15, 0.2) is 0 Å². The zero-order chi connectivity index (χ0) is 18.9. The van der Waals surface area contributed by atoms with Crippen molar-refractivity contribution in [3.05, 3.63) is 66.0 Å². The lowest BCUT2D eigenvalue weighted by Crippen LogP contribution is -2.50. The molecule has 0 spiro atoms. The number of nitrogens with zero attached hydrogens (tertiary/aromatic N) is 1. The fourth-order valence-electron chi connectivity index (χ4n) is 2.55. The van der Waals surface area contributed by atoms with Crippen LogP contribution < -0.4 is 15.5 Å². The number of amides is 3. The van der Waals surface area contributed by atoms with Gasteiger partial charge in [-0.05, 0) is 36.2 Å². The number of carbonyl (C=O) groups is 2. The maximum atomic E-state index is 12.9. The molecule has 0 saturated carbocycles. The maximum Gasteiger partial charge on any atom is 0.315 e. The molecule has 2 N–H and O–H groups in total. The van der Waals surface area contributed by atoms with Gasteiger partial charge in [0, 0.05) is 19.3 Å². The highest BCUT2D eigenvalue weighted by molar-refractivity contribution is 5.98. The van der Waals surface area contributed by atoms with Crippen LogP contribution in [0.1, 0.15) is 25.3 Å². The van der Waals surface area contributed by atoms with E-state index >= 15 is 0 Å². The maximum absolute atomic E-state index is 12.9. The molecule has 0 fully saturated rings. The Morgan fingerprint density at radius 1 is 1.08 bits per heavy atom. The third kappa shape index (κ3) is 5.58. The minimum absolute atomic E-state index is 0.171. The first kappa shape index (κ1) is 19.4. The fourth-order valence-corrected chi connectivity index (χ4v) is 2.55. The third-order valence-electron chi connectivity index (χ3n) is 4.02. The summed E-state index contributed by atoms with van der Waals surface area (Å²) in [6, 6.07) is 14.1. The summed E-state index contributed by atoms with van der Waals surface area (Å²) in [4.78, 5) is 26.4. The van der Waals surface area contributed by atoms with E-state index in [0.717, 1.165) is 17.7 Å². The SMILES string of the molecule is CCCC(NC(=O)NCc1ccc(F)cc1)C(=O)N(C)c1ccccc1. The summed E-state index contributed by atoms with van der Waals surface area (Å²) in [6.07, 6.45) is 1.30. The third-order valence-corrected chi connectivity index (χ3v) is 4.02. The monoisotopic (exact) mass is 357 g/mol. The average molecular weight is 357 g/mol. The molecule has 26 heavy (non-hydrogen) atoms. The zero-order valence-electron chi connectivity index (χ0n) is 15.0. The summed E-state index contributed by atoms with van der Waals surface area (Å²) < 4.78 is 12.9. The fraction of sp³-hybridized carbons (Fsp3) is 0.300. The van der Waals surface area contributed by atoms with Crippen molar-refractivity contribution in [2.45, 2.75) is 32.4 Å². The molecule has 1 atom stereocenters. The summed E-state index contributed by atoms with van der Waals surface area (Å²) in [5, 5.41) is 5.43. The van der Waals surface area contributed by atoms with Gasteiger partial charge in [0.1, 0.15) is 11.9 Å². The highest BCUT2D eigenvalue weighted by atomic mass is 19.1. The highest BCUT2D eigenvalue weighted by Gasteiger charge is 2.23. The van der Waals surface area contributed by atoms with Crippen LogP contribution in [0.5, 0.6) is 0 Å². The molecule has 0 radical (unpaired) electrons. The molecule has 2 rings (SSSR count). The largest absolute Gasteiger partial charge is 0.334 e. The number of anilines is 1. The van der Waals surface area contributed by atoms with Crippen molar-refractivity contribution in [2.24, 2.45) is 0 Å². The van der Waals surface area contributed by atoms with Crippen LogP contribution in [0.25, 0.3) is 0 Å². The van der Waals surface area contributed by atoms with E-state index in [2.05, 4.69) is 10.6 Å². The summed E-state index contributed by atoms with van der Waals surface area (Å²) >= 11 is 0. The number of carbonyl (C=O) groups excluding carboxylic acids is 2. The van der Waals surface area contributed by atoms with E-state index in [1.807, 2.05) is 37.3 Å². The molecule has 0 bridgehead atoms.